The van der Waals surface area contributed by atoms with Crippen LogP contribution >= 0.6 is 0 Å². The molecule has 54 heavy (non-hydrogen) atoms. The average molecular weight is 769 g/mol. The molecular formula is C43H80N2O9. The van der Waals surface area contributed by atoms with Gasteiger partial charge in [-0.2, -0.15) is 0 Å². The number of esters is 4. The summed E-state index contributed by atoms with van der Waals surface area (Å²) in [4.78, 5) is 55.5. The minimum Gasteiger partial charge on any atom is -0.463 e. The van der Waals surface area contributed by atoms with Crippen LogP contribution in [0.2, 0.25) is 0 Å². The third kappa shape index (κ3) is 26.5. The average Bonchev–Trinajstić information content (AvgIpc) is 3.43. The molecule has 0 radical (unpaired) electrons. The van der Waals surface area contributed by atoms with Gasteiger partial charge in [0.25, 0.3) is 0 Å². The maximum Gasteiger partial charge on any atom is 0.309 e. The first-order chi connectivity index (χ1) is 26.1. The molecule has 11 nitrogen and oxygen atoms in total. The Bertz CT molecular complexity index is 977. The number of hydrogen-bond donors (Lipinski definition) is 0. The van der Waals surface area contributed by atoms with Gasteiger partial charge < -0.3 is 33.5 Å². The quantitative estimate of drug-likeness (QED) is 0.0349. The largest absolute Gasteiger partial charge is 0.463 e. The predicted molar refractivity (Wildman–Crippen MR) is 214 cm³/mol. The fourth-order valence-electron chi connectivity index (χ4n) is 6.54. The van der Waals surface area contributed by atoms with E-state index in [1.807, 2.05) is 38.0 Å². The first-order valence-electron chi connectivity index (χ1n) is 21.8. The molecule has 0 saturated carbocycles. The first kappa shape index (κ1) is 49.8. The van der Waals surface area contributed by atoms with Crippen molar-refractivity contribution in [3.8, 4) is 0 Å². The van der Waals surface area contributed by atoms with E-state index < -0.39 is 48.5 Å². The molecule has 316 valence electrons. The van der Waals surface area contributed by atoms with Gasteiger partial charge in [-0.15, -0.1) is 0 Å². The van der Waals surface area contributed by atoms with Gasteiger partial charge in [0.15, 0.2) is 6.10 Å². The minimum absolute atomic E-state index is 0.0970. The van der Waals surface area contributed by atoms with Crippen molar-refractivity contribution in [3.05, 3.63) is 0 Å². The van der Waals surface area contributed by atoms with Crippen molar-refractivity contribution in [1.82, 2.24) is 9.80 Å². The molecule has 0 aromatic rings. The van der Waals surface area contributed by atoms with Crippen molar-refractivity contribution in [1.29, 1.82) is 0 Å². The van der Waals surface area contributed by atoms with E-state index in [1.54, 1.807) is 0 Å². The number of carbonyl (C=O) groups is 4. The highest BCUT2D eigenvalue weighted by Gasteiger charge is 2.52. The number of unbranched alkanes of at least 4 members (excludes halogenated alkanes) is 20. The van der Waals surface area contributed by atoms with Crippen LogP contribution in [0.5, 0.6) is 0 Å². The summed E-state index contributed by atoms with van der Waals surface area (Å²) in [6, 6.07) is 0. The Morgan fingerprint density at radius 1 is 0.444 bits per heavy atom. The molecule has 0 aromatic heterocycles. The van der Waals surface area contributed by atoms with Gasteiger partial charge in [-0.3, -0.25) is 19.2 Å². The zero-order valence-corrected chi connectivity index (χ0v) is 35.4. The second-order valence-corrected chi connectivity index (χ2v) is 15.8. The van der Waals surface area contributed by atoms with E-state index in [0.29, 0.717) is 25.9 Å². The molecule has 1 saturated heterocycles. The Hall–Kier alpha value is -2.24. The van der Waals surface area contributed by atoms with Crippen LogP contribution in [0.25, 0.3) is 0 Å². The van der Waals surface area contributed by atoms with Crippen molar-refractivity contribution in [2.75, 3.05) is 47.9 Å². The van der Waals surface area contributed by atoms with E-state index in [9.17, 15) is 19.2 Å². The van der Waals surface area contributed by atoms with Crippen LogP contribution in [0.1, 0.15) is 181 Å². The molecule has 1 aliphatic rings. The number of rotatable bonds is 35. The molecule has 0 aromatic carbocycles. The highest BCUT2D eigenvalue weighted by Crippen LogP contribution is 2.30. The van der Waals surface area contributed by atoms with Gasteiger partial charge in [0, 0.05) is 25.9 Å². The smallest absolute Gasteiger partial charge is 0.309 e. The molecule has 0 spiro atoms. The molecule has 11 heteroatoms. The molecule has 1 aliphatic heterocycles. The predicted octanol–water partition coefficient (Wildman–Crippen LogP) is 8.93. The lowest BCUT2D eigenvalue weighted by Gasteiger charge is -2.24. The molecular weight excluding hydrogens is 688 g/mol. The molecule has 1 heterocycles. The summed E-state index contributed by atoms with van der Waals surface area (Å²) in [6.07, 6.45) is 21.7. The Morgan fingerprint density at radius 3 is 1.20 bits per heavy atom. The highest BCUT2D eigenvalue weighted by molar-refractivity contribution is 5.72. The number of hydrogen-bond acceptors (Lipinski definition) is 11. The zero-order valence-electron chi connectivity index (χ0n) is 35.4. The van der Waals surface area contributed by atoms with Gasteiger partial charge in [0.05, 0.1) is 12.8 Å². The lowest BCUT2D eigenvalue weighted by atomic mass is 10.1. The number of nitrogens with zero attached hydrogens (tertiary/aromatic N) is 2. The summed E-state index contributed by atoms with van der Waals surface area (Å²) in [6.45, 7) is 5.20. The van der Waals surface area contributed by atoms with E-state index in [0.717, 1.165) is 38.5 Å². The van der Waals surface area contributed by atoms with E-state index in [1.165, 1.54) is 89.9 Å². The fraction of sp³-hybridized carbons (Fsp3) is 0.907. The summed E-state index contributed by atoms with van der Waals surface area (Å²) in [5.41, 5.74) is 0. The minimum atomic E-state index is -1.30. The van der Waals surface area contributed by atoms with Crippen molar-refractivity contribution in [3.63, 3.8) is 0 Å². The van der Waals surface area contributed by atoms with Crippen LogP contribution in [-0.4, -0.2) is 106 Å². The van der Waals surface area contributed by atoms with Gasteiger partial charge >= 0.3 is 23.9 Å². The molecule has 0 aliphatic carbocycles. The molecule has 1 unspecified atom stereocenters. The molecule has 0 amide bonds. The molecule has 1 rings (SSSR count). The number of ether oxygens (including phenoxy) is 5. The van der Waals surface area contributed by atoms with E-state index in [-0.39, 0.29) is 32.3 Å². The zero-order chi connectivity index (χ0) is 39.8. The summed E-state index contributed by atoms with van der Waals surface area (Å²) >= 11 is 0. The van der Waals surface area contributed by atoms with Crippen LogP contribution in [0, 0.1) is 0 Å². The van der Waals surface area contributed by atoms with Crippen LogP contribution in [0.4, 0.5) is 0 Å². The Kier molecular flexibility index (Phi) is 30.4. The topological polar surface area (TPSA) is 121 Å². The maximum atomic E-state index is 13.2. The Morgan fingerprint density at radius 2 is 0.796 bits per heavy atom. The van der Waals surface area contributed by atoms with Crippen LogP contribution in [0.3, 0.4) is 0 Å². The third-order valence-corrected chi connectivity index (χ3v) is 9.95. The molecule has 0 N–H and O–H groups in total. The SMILES string of the molecule is CCCCCCCCCCCCCC(=O)OC1[C@@H](COC(=O)CCN(C)C)O[C@@H](OC(=O)CCN(C)C)[C@H]1OC(=O)CCCCCCCCCCCCC. The maximum absolute atomic E-state index is 13.2. The Balaban J connectivity index is 2.82. The van der Waals surface area contributed by atoms with Gasteiger partial charge in [0.2, 0.25) is 12.4 Å². The summed E-state index contributed by atoms with van der Waals surface area (Å²) in [5, 5.41) is 0. The summed E-state index contributed by atoms with van der Waals surface area (Å²) in [7, 11) is 7.43. The van der Waals surface area contributed by atoms with Crippen molar-refractivity contribution < 1.29 is 42.9 Å². The second-order valence-electron chi connectivity index (χ2n) is 15.8. The summed E-state index contributed by atoms with van der Waals surface area (Å²) < 4.78 is 29.1. The highest BCUT2D eigenvalue weighted by atomic mass is 16.8. The molecule has 1 fully saturated rings. The van der Waals surface area contributed by atoms with Crippen molar-refractivity contribution in [2.24, 2.45) is 0 Å². The molecule has 0 bridgehead atoms. The first-order valence-corrected chi connectivity index (χ1v) is 21.8. The van der Waals surface area contributed by atoms with Crippen LogP contribution in [0.15, 0.2) is 0 Å². The van der Waals surface area contributed by atoms with Crippen LogP contribution < -0.4 is 0 Å². The lowest BCUT2D eigenvalue weighted by molar-refractivity contribution is -0.200. The van der Waals surface area contributed by atoms with E-state index >= 15 is 0 Å². The number of carbonyl (C=O) groups excluding carboxylic acids is 4. The van der Waals surface area contributed by atoms with Gasteiger partial charge in [-0.1, -0.05) is 142 Å². The third-order valence-electron chi connectivity index (χ3n) is 9.95. The molecule has 4 atom stereocenters. The fourth-order valence-corrected chi connectivity index (χ4v) is 6.54. The lowest BCUT2D eigenvalue weighted by Crippen LogP contribution is -2.43. The second kappa shape index (κ2) is 33.0. The Labute approximate surface area is 329 Å². The van der Waals surface area contributed by atoms with E-state index in [4.69, 9.17) is 23.7 Å². The monoisotopic (exact) mass is 769 g/mol. The van der Waals surface area contributed by atoms with Gasteiger partial charge in [-0.05, 0) is 41.0 Å². The summed E-state index contributed by atoms with van der Waals surface area (Å²) in [5.74, 6) is -1.89. The standard InChI is InChI=1S/C43H80N2O9/c1-7-9-11-13-15-17-19-21-23-25-27-29-38(47)52-41-36(35-50-37(46)31-33-44(3)4)51-43(54-40(49)32-34-45(5)6)42(41)53-39(48)30-28-26-24-22-20-18-16-14-12-10-8-2/h36,41-43H,7-35H2,1-6H3/t36-,41?,42+,43+/m1/s1. The van der Waals surface area contributed by atoms with Gasteiger partial charge in [0.1, 0.15) is 12.7 Å². The van der Waals surface area contributed by atoms with Crippen LogP contribution in [-0.2, 0) is 42.9 Å². The van der Waals surface area contributed by atoms with Crippen molar-refractivity contribution in [2.45, 2.75) is 205 Å². The van der Waals surface area contributed by atoms with E-state index in [2.05, 4.69) is 13.8 Å². The normalized spacial score (nSPS) is 18.3. The van der Waals surface area contributed by atoms with Gasteiger partial charge in [-0.25, -0.2) is 0 Å². The van der Waals surface area contributed by atoms with Crippen molar-refractivity contribution >= 4 is 23.9 Å².